The molecule has 5 saturated heterocycles. The molecule has 0 aromatic rings. The van der Waals surface area contributed by atoms with Crippen LogP contribution < -0.4 is 42.5 Å². The van der Waals surface area contributed by atoms with Crippen molar-refractivity contribution in [2.24, 2.45) is 47.3 Å². The zero-order chi connectivity index (χ0) is 29.7. The Kier molecular flexibility index (Phi) is 11.4. The summed E-state index contributed by atoms with van der Waals surface area (Å²) in [4.78, 5) is 0. The summed E-state index contributed by atoms with van der Waals surface area (Å²) in [5.41, 5.74) is 0. The summed E-state index contributed by atoms with van der Waals surface area (Å²) in [6, 6.07) is 0. The molecule has 0 radical (unpaired) electrons. The second-order valence-electron chi connectivity index (χ2n) is 15.9. The Hall–Kier alpha value is 1.66. The normalized spacial score (nSPS) is 57.7. The summed E-state index contributed by atoms with van der Waals surface area (Å²) >= 11 is 28.8. The van der Waals surface area contributed by atoms with Crippen molar-refractivity contribution in [3.63, 3.8) is 0 Å². The smallest absolute Gasteiger partial charge is 0.187 e. The first kappa shape index (κ1) is 36.0. The van der Waals surface area contributed by atoms with E-state index in [2.05, 4.69) is 42.5 Å². The topological polar surface area (TPSA) is 96.2 Å². The average Bonchev–Trinajstić information content (AvgIpc) is 3.74. The monoisotopic (exact) mass is 754 g/mol. The van der Waals surface area contributed by atoms with Crippen molar-refractivity contribution in [2.75, 3.05) is 0 Å². The molecule has 8 N–H and O–H groups in total. The zero-order valence-corrected chi connectivity index (χ0v) is 29.8. The van der Waals surface area contributed by atoms with Gasteiger partial charge >= 0.3 is 0 Å². The van der Waals surface area contributed by atoms with E-state index in [9.17, 15) is 0 Å². The Balaban J connectivity index is 0.00000169. The lowest BCUT2D eigenvalue weighted by atomic mass is 9.76. The third kappa shape index (κ3) is 6.15. The molecule has 46 heavy (non-hydrogen) atoms. The highest BCUT2D eigenvalue weighted by atomic mass is 35.5. The van der Waals surface area contributed by atoms with Gasteiger partial charge in [0.2, 0.25) is 0 Å². The summed E-state index contributed by atoms with van der Waals surface area (Å²) in [6.07, 6.45) is 15.3. The SMILES string of the molecule is Cl.ClC1CCCC2C3NC(NC4NC(NC5NC(NC6NC(N3)C3C(Cl)CCCC63)C3C(Cl)CCCC53)C3C(Cl)CCCC43)C12.[AlH3]. The lowest BCUT2D eigenvalue weighted by Gasteiger charge is -2.38. The number of fused-ring (bicyclic) bond motifs is 20. The van der Waals surface area contributed by atoms with Crippen LogP contribution in [0.2, 0.25) is 0 Å². The van der Waals surface area contributed by atoms with Gasteiger partial charge in [-0.2, -0.15) is 0 Å². The molecule has 9 rings (SSSR count). The van der Waals surface area contributed by atoms with E-state index in [1.807, 2.05) is 0 Å². The van der Waals surface area contributed by atoms with Crippen molar-refractivity contribution < 1.29 is 0 Å². The fraction of sp³-hybridized carbons (Fsp3) is 1.00. The van der Waals surface area contributed by atoms with Crippen LogP contribution in [0, 0.1) is 47.3 Å². The van der Waals surface area contributed by atoms with E-state index in [-0.39, 0.29) is 101 Å². The maximum Gasteiger partial charge on any atom is 0.187 e. The van der Waals surface area contributed by atoms with Crippen LogP contribution in [-0.2, 0) is 0 Å². The molecule has 12 atom stereocenters. The van der Waals surface area contributed by atoms with Crippen LogP contribution in [-0.4, -0.2) is 88.2 Å². The van der Waals surface area contributed by atoms with Gasteiger partial charge in [0.25, 0.3) is 0 Å². The van der Waals surface area contributed by atoms with Crippen LogP contribution in [0.25, 0.3) is 0 Å². The van der Waals surface area contributed by atoms with Crippen molar-refractivity contribution in [2.45, 2.75) is 148 Å². The van der Waals surface area contributed by atoms with Crippen LogP contribution in [0.5, 0.6) is 0 Å². The molecule has 9 aliphatic rings. The predicted molar refractivity (Wildman–Crippen MR) is 194 cm³/mol. The maximum absolute atomic E-state index is 7.20. The summed E-state index contributed by atoms with van der Waals surface area (Å²) in [6.45, 7) is 0. The van der Waals surface area contributed by atoms with Crippen molar-refractivity contribution >= 4 is 76.2 Å². The van der Waals surface area contributed by atoms with Gasteiger partial charge in [-0.25, -0.2) is 0 Å². The Morgan fingerprint density at radius 2 is 0.500 bits per heavy atom. The molecule has 0 spiro atoms. The molecule has 0 aromatic heterocycles. The van der Waals surface area contributed by atoms with E-state index in [1.54, 1.807) is 0 Å². The summed E-state index contributed by atoms with van der Waals surface area (Å²) in [5.74, 6) is 3.47. The molecule has 9 fully saturated rings. The number of hydrogen-bond acceptors (Lipinski definition) is 8. The van der Waals surface area contributed by atoms with Gasteiger partial charge in [-0.05, 0) is 75.0 Å². The van der Waals surface area contributed by atoms with Crippen molar-refractivity contribution in [1.29, 1.82) is 0 Å². The minimum atomic E-state index is 0. The number of halogens is 5. The molecule has 0 amide bonds. The number of nitrogens with one attached hydrogen (secondary N) is 8. The molecule has 8 bridgehead atoms. The fourth-order valence-corrected chi connectivity index (χ4v) is 13.9. The molecule has 4 aliphatic carbocycles. The minimum Gasteiger partial charge on any atom is -0.286 e. The van der Waals surface area contributed by atoms with Gasteiger partial charge in [0.05, 0.1) is 49.3 Å². The second kappa shape index (κ2) is 14.6. The first-order valence-electron chi connectivity index (χ1n) is 18.1. The molecule has 12 unspecified atom stereocenters. The van der Waals surface area contributed by atoms with E-state index < -0.39 is 0 Å². The standard InChI is InChI=1S/C32H52Cl4N8.Al.ClH.3H/c33-17-9-1-5-13-21(17)29-37-25(13)41-30-22-14(6-2-10-18(22)34)27(38-30)43-32-24-16(8-4-12-20(24)36)28(40-32)44-31-23-15(26(39-31)42-29)7-3-11-19(23)35;;;;;/h13-32,37-44H,1-12H2;;1H;;;. The third-order valence-electron chi connectivity index (χ3n) is 13.8. The van der Waals surface area contributed by atoms with Gasteiger partial charge in [-0.1, -0.05) is 25.7 Å². The predicted octanol–water partition coefficient (Wildman–Crippen LogP) is 2.71. The number of hydrogen-bond donors (Lipinski definition) is 8. The molecular formula is C32H56AlCl5N8. The second-order valence-corrected chi connectivity index (χ2v) is 18.1. The van der Waals surface area contributed by atoms with Crippen molar-refractivity contribution in [3.05, 3.63) is 0 Å². The molecular weight excluding hydrogens is 701 g/mol. The zero-order valence-electron chi connectivity index (χ0n) is 26.0. The van der Waals surface area contributed by atoms with Crippen molar-refractivity contribution in [3.8, 4) is 0 Å². The molecule has 8 nitrogen and oxygen atoms in total. The lowest BCUT2D eigenvalue weighted by molar-refractivity contribution is 0.172. The summed E-state index contributed by atoms with van der Waals surface area (Å²) < 4.78 is 0. The lowest BCUT2D eigenvalue weighted by Crippen LogP contribution is -2.62. The van der Waals surface area contributed by atoms with E-state index in [0.717, 1.165) is 25.7 Å². The summed E-state index contributed by atoms with van der Waals surface area (Å²) in [7, 11) is 0. The Morgan fingerprint density at radius 3 is 0.696 bits per heavy atom. The molecule has 4 saturated carbocycles. The van der Waals surface area contributed by atoms with Gasteiger partial charge < -0.3 is 0 Å². The van der Waals surface area contributed by atoms with E-state index in [4.69, 9.17) is 46.4 Å². The Bertz CT molecular complexity index is 910. The highest BCUT2D eigenvalue weighted by Gasteiger charge is 2.57. The minimum absolute atomic E-state index is 0. The van der Waals surface area contributed by atoms with E-state index in [0.29, 0.717) is 47.3 Å². The van der Waals surface area contributed by atoms with Crippen LogP contribution in [0.15, 0.2) is 0 Å². The highest BCUT2D eigenvalue weighted by Crippen LogP contribution is 2.48. The Morgan fingerprint density at radius 1 is 0.304 bits per heavy atom. The quantitative estimate of drug-likeness (QED) is 0.142. The number of rotatable bonds is 0. The molecule has 262 valence electrons. The number of alkyl halides is 4. The molecule has 5 aliphatic heterocycles. The fourth-order valence-electron chi connectivity index (χ4n) is 12.0. The van der Waals surface area contributed by atoms with Crippen molar-refractivity contribution in [1.82, 2.24) is 42.5 Å². The van der Waals surface area contributed by atoms with Gasteiger partial charge in [0.1, 0.15) is 0 Å². The average molecular weight is 757 g/mol. The third-order valence-corrected chi connectivity index (χ3v) is 15.9. The van der Waals surface area contributed by atoms with Crippen LogP contribution in [0.1, 0.15) is 77.0 Å². The Labute approximate surface area is 312 Å². The van der Waals surface area contributed by atoms with Gasteiger partial charge in [0.15, 0.2) is 17.4 Å². The molecule has 0 aromatic carbocycles. The van der Waals surface area contributed by atoms with Crippen LogP contribution in [0.4, 0.5) is 0 Å². The maximum atomic E-state index is 7.20. The van der Waals surface area contributed by atoms with Crippen LogP contribution in [0.3, 0.4) is 0 Å². The molecule has 5 heterocycles. The van der Waals surface area contributed by atoms with E-state index >= 15 is 0 Å². The van der Waals surface area contributed by atoms with E-state index in [1.165, 1.54) is 51.4 Å². The molecule has 14 heteroatoms. The van der Waals surface area contributed by atoms with Crippen LogP contribution >= 0.6 is 58.8 Å². The summed E-state index contributed by atoms with van der Waals surface area (Å²) in [5, 5.41) is 33.5. The van der Waals surface area contributed by atoms with Gasteiger partial charge in [-0.15, -0.1) is 58.8 Å². The van der Waals surface area contributed by atoms with Gasteiger partial charge in [0, 0.05) is 45.2 Å². The first-order valence-corrected chi connectivity index (χ1v) is 19.8. The largest absolute Gasteiger partial charge is 0.286 e. The highest BCUT2D eigenvalue weighted by molar-refractivity contribution is 6.21. The first-order chi connectivity index (χ1) is 21.4. The van der Waals surface area contributed by atoms with Gasteiger partial charge in [-0.3, -0.25) is 42.5 Å².